The lowest BCUT2D eigenvalue weighted by molar-refractivity contribution is 0.0363. The summed E-state index contributed by atoms with van der Waals surface area (Å²) in [5, 5.41) is 13.7. The number of hydrogen-bond acceptors (Lipinski definition) is 5. The lowest BCUT2D eigenvalue weighted by Gasteiger charge is -2.25. The minimum atomic E-state index is -1.13. The molecule has 23 heavy (non-hydrogen) atoms. The third-order valence-corrected chi connectivity index (χ3v) is 4.21. The quantitative estimate of drug-likeness (QED) is 0.880. The van der Waals surface area contributed by atoms with Gasteiger partial charge in [-0.05, 0) is 48.2 Å². The van der Waals surface area contributed by atoms with Gasteiger partial charge in [0, 0.05) is 0 Å². The summed E-state index contributed by atoms with van der Waals surface area (Å²) in [5.41, 5.74) is 0.629. The van der Waals surface area contributed by atoms with Crippen molar-refractivity contribution in [1.29, 1.82) is 0 Å². The third kappa shape index (κ3) is 2.77. The highest BCUT2D eigenvalue weighted by Gasteiger charge is 2.38. The first-order valence-electron chi connectivity index (χ1n) is 7.37. The number of hydrogen-bond donors (Lipinski definition) is 2. The minimum absolute atomic E-state index is 0.106. The predicted octanol–water partition coefficient (Wildman–Crippen LogP) is 1.86. The Labute approximate surface area is 134 Å². The van der Waals surface area contributed by atoms with E-state index in [9.17, 15) is 9.90 Å². The van der Waals surface area contributed by atoms with Crippen molar-refractivity contribution in [1.82, 2.24) is 5.32 Å². The average molecular weight is 317 g/mol. The summed E-state index contributed by atoms with van der Waals surface area (Å²) in [5.74, 6) is 1.07. The molecule has 1 aromatic heterocycles. The Morgan fingerprint density at radius 2 is 2.09 bits per heavy atom. The molecule has 122 valence electrons. The molecule has 0 saturated heterocycles. The third-order valence-electron chi connectivity index (χ3n) is 4.21. The van der Waals surface area contributed by atoms with Crippen LogP contribution in [0.2, 0.25) is 0 Å². The molecule has 2 N–H and O–H groups in total. The van der Waals surface area contributed by atoms with Crippen LogP contribution in [-0.4, -0.2) is 31.8 Å². The number of amides is 1. The standard InChI is InChI=1S/C17H19NO5/c1-21-14-8-11-5-6-17(20,12(11)9-15(14)22-2)10-18-16(19)13-4-3-7-23-13/h3-4,7-9,20H,5-6,10H2,1-2H3,(H,18,19). The van der Waals surface area contributed by atoms with E-state index in [0.29, 0.717) is 24.3 Å². The maximum absolute atomic E-state index is 12.0. The molecule has 1 aliphatic rings. The van der Waals surface area contributed by atoms with E-state index >= 15 is 0 Å². The summed E-state index contributed by atoms with van der Waals surface area (Å²) >= 11 is 0. The van der Waals surface area contributed by atoms with Crippen molar-refractivity contribution in [3.63, 3.8) is 0 Å². The number of aliphatic hydroxyl groups is 1. The maximum atomic E-state index is 12.0. The second-order valence-electron chi connectivity index (χ2n) is 5.56. The Morgan fingerprint density at radius 3 is 2.74 bits per heavy atom. The van der Waals surface area contributed by atoms with Gasteiger partial charge in [-0.1, -0.05) is 0 Å². The van der Waals surface area contributed by atoms with Crippen LogP contribution in [0.5, 0.6) is 11.5 Å². The zero-order valence-electron chi connectivity index (χ0n) is 13.1. The molecule has 2 aromatic rings. The Hall–Kier alpha value is -2.47. The molecule has 0 bridgehead atoms. The normalized spacial score (nSPS) is 19.3. The highest BCUT2D eigenvalue weighted by molar-refractivity contribution is 5.91. The van der Waals surface area contributed by atoms with Crippen LogP contribution < -0.4 is 14.8 Å². The Bertz CT molecular complexity index is 710. The van der Waals surface area contributed by atoms with Gasteiger partial charge in [-0.2, -0.15) is 0 Å². The van der Waals surface area contributed by atoms with Crippen LogP contribution in [0.25, 0.3) is 0 Å². The number of carbonyl (C=O) groups excluding carboxylic acids is 1. The van der Waals surface area contributed by atoms with E-state index in [1.54, 1.807) is 32.4 Å². The predicted molar refractivity (Wildman–Crippen MR) is 82.8 cm³/mol. The zero-order valence-corrected chi connectivity index (χ0v) is 13.1. The fraction of sp³-hybridized carbons (Fsp3) is 0.353. The van der Waals surface area contributed by atoms with E-state index in [1.165, 1.54) is 6.26 Å². The number of benzene rings is 1. The van der Waals surface area contributed by atoms with E-state index in [0.717, 1.165) is 11.1 Å². The number of ether oxygens (including phenoxy) is 2. The maximum Gasteiger partial charge on any atom is 0.287 e. The van der Waals surface area contributed by atoms with Gasteiger partial charge in [-0.25, -0.2) is 0 Å². The second kappa shape index (κ2) is 5.96. The van der Waals surface area contributed by atoms with Crippen LogP contribution in [0.3, 0.4) is 0 Å². The number of fused-ring (bicyclic) bond motifs is 1. The molecule has 0 radical (unpaired) electrons. The monoisotopic (exact) mass is 317 g/mol. The number of rotatable bonds is 5. The molecular weight excluding hydrogens is 298 g/mol. The summed E-state index contributed by atoms with van der Waals surface area (Å²) in [7, 11) is 3.13. The number of furan rings is 1. The van der Waals surface area contributed by atoms with Crippen LogP contribution in [0.1, 0.15) is 28.1 Å². The summed E-state index contributed by atoms with van der Waals surface area (Å²) < 4.78 is 15.6. The second-order valence-corrected chi connectivity index (χ2v) is 5.56. The van der Waals surface area contributed by atoms with E-state index in [1.807, 2.05) is 6.07 Å². The first-order chi connectivity index (χ1) is 11.1. The molecule has 1 amide bonds. The summed E-state index contributed by atoms with van der Waals surface area (Å²) in [6.07, 6.45) is 2.67. The molecular formula is C17H19NO5. The lowest BCUT2D eigenvalue weighted by Crippen LogP contribution is -2.39. The van der Waals surface area contributed by atoms with Crippen molar-refractivity contribution in [2.24, 2.45) is 0 Å². The largest absolute Gasteiger partial charge is 0.493 e. The van der Waals surface area contributed by atoms with Gasteiger partial charge in [-0.15, -0.1) is 0 Å². The van der Waals surface area contributed by atoms with Crippen molar-refractivity contribution in [3.05, 3.63) is 47.4 Å². The van der Waals surface area contributed by atoms with Gasteiger partial charge in [0.2, 0.25) is 0 Å². The van der Waals surface area contributed by atoms with Crippen molar-refractivity contribution in [3.8, 4) is 11.5 Å². The average Bonchev–Trinajstić information content (AvgIpc) is 3.21. The molecule has 1 unspecified atom stereocenters. The summed E-state index contributed by atoms with van der Waals surface area (Å²) in [6, 6.07) is 6.88. The number of methoxy groups -OCH3 is 2. The molecule has 1 heterocycles. The Kier molecular flexibility index (Phi) is 4.00. The van der Waals surface area contributed by atoms with Gasteiger partial charge in [-0.3, -0.25) is 4.79 Å². The Morgan fingerprint density at radius 1 is 1.35 bits per heavy atom. The summed E-state index contributed by atoms with van der Waals surface area (Å²) in [6.45, 7) is 0.106. The molecule has 6 heteroatoms. The van der Waals surface area contributed by atoms with Crippen molar-refractivity contribution >= 4 is 5.91 Å². The van der Waals surface area contributed by atoms with Crippen molar-refractivity contribution in [2.45, 2.75) is 18.4 Å². The van der Waals surface area contributed by atoms with Crippen LogP contribution >= 0.6 is 0 Å². The van der Waals surface area contributed by atoms with E-state index in [2.05, 4.69) is 5.32 Å². The van der Waals surface area contributed by atoms with Crippen molar-refractivity contribution in [2.75, 3.05) is 20.8 Å². The van der Waals surface area contributed by atoms with E-state index in [4.69, 9.17) is 13.9 Å². The van der Waals surface area contributed by atoms with Gasteiger partial charge in [0.1, 0.15) is 5.60 Å². The fourth-order valence-corrected chi connectivity index (χ4v) is 2.94. The van der Waals surface area contributed by atoms with E-state index < -0.39 is 5.60 Å². The van der Waals surface area contributed by atoms with Gasteiger partial charge in [0.15, 0.2) is 17.3 Å². The molecule has 1 aromatic carbocycles. The molecule has 0 fully saturated rings. The van der Waals surface area contributed by atoms with Gasteiger partial charge >= 0.3 is 0 Å². The van der Waals surface area contributed by atoms with Gasteiger partial charge in [0.25, 0.3) is 5.91 Å². The topological polar surface area (TPSA) is 80.9 Å². The number of aryl methyl sites for hydroxylation is 1. The van der Waals surface area contributed by atoms with Crippen LogP contribution in [0.15, 0.2) is 34.9 Å². The smallest absolute Gasteiger partial charge is 0.287 e. The first kappa shape index (κ1) is 15.4. The number of carbonyl (C=O) groups is 1. The molecule has 1 aliphatic carbocycles. The molecule has 6 nitrogen and oxygen atoms in total. The van der Waals surface area contributed by atoms with Crippen LogP contribution in [0, 0.1) is 0 Å². The Balaban J connectivity index is 1.81. The minimum Gasteiger partial charge on any atom is -0.493 e. The van der Waals surface area contributed by atoms with Gasteiger partial charge < -0.3 is 24.3 Å². The van der Waals surface area contributed by atoms with E-state index in [-0.39, 0.29) is 18.2 Å². The first-order valence-corrected chi connectivity index (χ1v) is 7.37. The SMILES string of the molecule is COc1cc2c(cc1OC)C(O)(CNC(=O)c1ccco1)CC2. The van der Waals surface area contributed by atoms with Gasteiger partial charge in [0.05, 0.1) is 27.0 Å². The molecule has 0 aliphatic heterocycles. The summed E-state index contributed by atoms with van der Waals surface area (Å²) in [4.78, 5) is 12.0. The molecule has 1 atom stereocenters. The zero-order chi connectivity index (χ0) is 16.4. The van der Waals surface area contributed by atoms with Crippen molar-refractivity contribution < 1.29 is 23.8 Å². The number of nitrogens with one attached hydrogen (secondary N) is 1. The molecule has 0 saturated carbocycles. The molecule has 3 rings (SSSR count). The van der Waals surface area contributed by atoms with Crippen LogP contribution in [0.4, 0.5) is 0 Å². The molecule has 0 spiro atoms. The highest BCUT2D eigenvalue weighted by atomic mass is 16.5. The lowest BCUT2D eigenvalue weighted by atomic mass is 9.95. The fourth-order valence-electron chi connectivity index (χ4n) is 2.94. The van der Waals surface area contributed by atoms with Crippen LogP contribution in [-0.2, 0) is 12.0 Å². The highest BCUT2D eigenvalue weighted by Crippen LogP contribution is 2.42.